The van der Waals surface area contributed by atoms with Crippen LogP contribution in [0.5, 0.6) is 5.75 Å². The van der Waals surface area contributed by atoms with E-state index in [0.29, 0.717) is 37.3 Å². The Morgan fingerprint density at radius 3 is 2.80 bits per heavy atom. The van der Waals surface area contributed by atoms with E-state index < -0.39 is 5.82 Å². The van der Waals surface area contributed by atoms with Crippen molar-refractivity contribution in [3.63, 3.8) is 0 Å². The first kappa shape index (κ1) is 23.4. The molecule has 1 aromatic heterocycles. The molecule has 2 amide bonds. The number of rotatable bonds is 7. The predicted molar refractivity (Wildman–Crippen MR) is 129 cm³/mol. The zero-order valence-corrected chi connectivity index (χ0v) is 20.1. The molecular formula is C26H26ClFN4O3. The van der Waals surface area contributed by atoms with Crippen LogP contribution in [0.4, 0.5) is 4.39 Å². The number of carbonyl (C=O) groups excluding carboxylic acids is 2. The number of halogens is 2. The summed E-state index contributed by atoms with van der Waals surface area (Å²) in [5, 5.41) is 7.94. The molecular weight excluding hydrogens is 471 g/mol. The molecule has 1 N–H and O–H groups in total. The Morgan fingerprint density at radius 1 is 1.23 bits per heavy atom. The number of nitrogens with zero attached hydrogens (tertiary/aromatic N) is 3. The van der Waals surface area contributed by atoms with E-state index in [1.54, 1.807) is 12.0 Å². The summed E-state index contributed by atoms with van der Waals surface area (Å²) in [6.07, 6.45) is 2.59. The zero-order chi connectivity index (χ0) is 24.5. The van der Waals surface area contributed by atoms with Gasteiger partial charge in [-0.05, 0) is 48.2 Å². The van der Waals surface area contributed by atoms with E-state index in [4.69, 9.17) is 16.3 Å². The number of amides is 2. The molecule has 0 saturated heterocycles. The fourth-order valence-corrected chi connectivity index (χ4v) is 4.62. The summed E-state index contributed by atoms with van der Waals surface area (Å²) in [7, 11) is 1.62. The van der Waals surface area contributed by atoms with Gasteiger partial charge < -0.3 is 15.0 Å². The molecule has 5 rings (SSSR count). The third kappa shape index (κ3) is 5.17. The minimum Gasteiger partial charge on any atom is -0.497 e. The van der Waals surface area contributed by atoms with Crippen LogP contribution in [0, 0.1) is 5.82 Å². The summed E-state index contributed by atoms with van der Waals surface area (Å²) in [6.45, 7) is 1.28. The van der Waals surface area contributed by atoms with Crippen molar-refractivity contribution in [1.29, 1.82) is 0 Å². The van der Waals surface area contributed by atoms with Gasteiger partial charge in [-0.2, -0.15) is 5.10 Å². The summed E-state index contributed by atoms with van der Waals surface area (Å²) < 4.78 is 20.6. The number of methoxy groups -OCH3 is 1. The lowest BCUT2D eigenvalue weighted by Gasteiger charge is -2.28. The van der Waals surface area contributed by atoms with E-state index in [2.05, 4.69) is 10.4 Å². The molecule has 9 heteroatoms. The Hall–Kier alpha value is -3.39. The number of nitrogens with one attached hydrogen (secondary N) is 1. The van der Waals surface area contributed by atoms with E-state index in [0.717, 1.165) is 35.4 Å². The summed E-state index contributed by atoms with van der Waals surface area (Å²) in [6, 6.07) is 12.0. The summed E-state index contributed by atoms with van der Waals surface area (Å²) in [5.41, 5.74) is 3.68. The van der Waals surface area contributed by atoms with Crippen molar-refractivity contribution in [2.24, 2.45) is 0 Å². The summed E-state index contributed by atoms with van der Waals surface area (Å²) >= 11 is 6.13. The van der Waals surface area contributed by atoms with Crippen molar-refractivity contribution in [2.75, 3.05) is 13.7 Å². The molecule has 2 aliphatic rings. The molecule has 3 aromatic rings. The highest BCUT2D eigenvalue weighted by Gasteiger charge is 2.32. The van der Waals surface area contributed by atoms with Gasteiger partial charge in [0.05, 0.1) is 20.1 Å². The average Bonchev–Trinajstić information content (AvgIpc) is 3.60. The van der Waals surface area contributed by atoms with Crippen LogP contribution in [0.25, 0.3) is 0 Å². The maximum atomic E-state index is 13.4. The number of hydrogen-bond acceptors (Lipinski definition) is 4. The Morgan fingerprint density at radius 2 is 2.06 bits per heavy atom. The molecule has 1 saturated carbocycles. The quantitative estimate of drug-likeness (QED) is 0.540. The normalized spacial score (nSPS) is 15.0. The van der Waals surface area contributed by atoms with E-state index in [1.165, 1.54) is 18.2 Å². The molecule has 0 spiro atoms. The maximum absolute atomic E-state index is 13.4. The van der Waals surface area contributed by atoms with Gasteiger partial charge in [-0.25, -0.2) is 4.39 Å². The number of benzene rings is 2. The van der Waals surface area contributed by atoms with Crippen LogP contribution in [-0.2, 0) is 30.7 Å². The van der Waals surface area contributed by atoms with Crippen molar-refractivity contribution >= 4 is 23.4 Å². The second-order valence-corrected chi connectivity index (χ2v) is 9.42. The smallest absolute Gasteiger partial charge is 0.272 e. The third-order valence-electron chi connectivity index (χ3n) is 6.44. The monoisotopic (exact) mass is 496 g/mol. The fourth-order valence-electron chi connectivity index (χ4n) is 4.38. The lowest BCUT2D eigenvalue weighted by Crippen LogP contribution is -2.38. The van der Waals surface area contributed by atoms with Gasteiger partial charge in [-0.3, -0.25) is 14.3 Å². The molecule has 1 aliphatic carbocycles. The van der Waals surface area contributed by atoms with Crippen LogP contribution in [0.2, 0.25) is 5.02 Å². The Balaban J connectivity index is 1.40. The number of hydrogen-bond donors (Lipinski definition) is 1. The fraction of sp³-hybridized carbons (Fsp3) is 0.346. The topological polar surface area (TPSA) is 76.5 Å². The van der Waals surface area contributed by atoms with Crippen molar-refractivity contribution in [1.82, 2.24) is 20.0 Å². The summed E-state index contributed by atoms with van der Waals surface area (Å²) in [5.74, 6) is -0.0164. The molecule has 2 heterocycles. The van der Waals surface area contributed by atoms with Gasteiger partial charge in [0.25, 0.3) is 5.91 Å². The number of aromatic nitrogens is 2. The van der Waals surface area contributed by atoms with Gasteiger partial charge in [0.2, 0.25) is 5.91 Å². The van der Waals surface area contributed by atoms with Gasteiger partial charge in [-0.15, -0.1) is 0 Å². The maximum Gasteiger partial charge on any atom is 0.272 e. The molecule has 182 valence electrons. The molecule has 0 atom stereocenters. The van der Waals surface area contributed by atoms with Crippen molar-refractivity contribution in [2.45, 2.75) is 44.8 Å². The predicted octanol–water partition coefficient (Wildman–Crippen LogP) is 3.75. The highest BCUT2D eigenvalue weighted by atomic mass is 35.5. The molecule has 0 unspecified atom stereocenters. The van der Waals surface area contributed by atoms with Gasteiger partial charge >= 0.3 is 0 Å². The Labute approximate surface area is 207 Å². The van der Waals surface area contributed by atoms with Crippen LogP contribution >= 0.6 is 11.6 Å². The standard InChI is InChI=1S/C26H26ClFN4O3/c1-35-20-4-2-3-16(11-20)14-32-23-9-10-31(24(33)12-17-5-6-18(28)13-22(17)27)15-21(23)25(30-32)26(34)29-19-7-8-19/h2-6,11,13,19H,7-10,12,14-15H2,1H3,(H,29,34). The third-order valence-corrected chi connectivity index (χ3v) is 6.79. The summed E-state index contributed by atoms with van der Waals surface area (Å²) in [4.78, 5) is 27.8. The average molecular weight is 497 g/mol. The lowest BCUT2D eigenvalue weighted by atomic mass is 10.0. The second-order valence-electron chi connectivity index (χ2n) is 9.01. The van der Waals surface area contributed by atoms with E-state index in [9.17, 15) is 14.0 Å². The Kier molecular flexibility index (Phi) is 6.47. The van der Waals surface area contributed by atoms with Crippen LogP contribution in [-0.4, -0.2) is 46.2 Å². The van der Waals surface area contributed by atoms with Crippen molar-refractivity contribution in [3.05, 3.63) is 81.4 Å². The lowest BCUT2D eigenvalue weighted by molar-refractivity contribution is -0.131. The molecule has 2 aromatic carbocycles. The first-order valence-corrected chi connectivity index (χ1v) is 12.0. The molecule has 0 radical (unpaired) electrons. The zero-order valence-electron chi connectivity index (χ0n) is 19.4. The van der Waals surface area contributed by atoms with Gasteiger partial charge in [-0.1, -0.05) is 29.8 Å². The highest BCUT2D eigenvalue weighted by Crippen LogP contribution is 2.27. The first-order valence-electron chi connectivity index (χ1n) is 11.7. The second kappa shape index (κ2) is 9.70. The van der Waals surface area contributed by atoms with Crippen LogP contribution in [0.15, 0.2) is 42.5 Å². The first-order chi connectivity index (χ1) is 16.9. The van der Waals surface area contributed by atoms with Crippen molar-refractivity contribution < 1.29 is 18.7 Å². The molecule has 7 nitrogen and oxygen atoms in total. The molecule has 1 aliphatic heterocycles. The van der Waals surface area contributed by atoms with E-state index >= 15 is 0 Å². The SMILES string of the molecule is COc1cccc(Cn2nc(C(=O)NC3CC3)c3c2CCN(C(=O)Cc2ccc(F)cc2Cl)C3)c1. The van der Waals surface area contributed by atoms with Crippen molar-refractivity contribution in [3.8, 4) is 5.75 Å². The number of carbonyl (C=O) groups is 2. The largest absolute Gasteiger partial charge is 0.497 e. The van der Waals surface area contributed by atoms with Gasteiger partial charge in [0, 0.05) is 41.8 Å². The highest BCUT2D eigenvalue weighted by molar-refractivity contribution is 6.31. The van der Waals surface area contributed by atoms with Crippen LogP contribution in [0.3, 0.4) is 0 Å². The number of fused-ring (bicyclic) bond motifs is 1. The van der Waals surface area contributed by atoms with E-state index in [1.807, 2.05) is 28.9 Å². The Bertz CT molecular complexity index is 1290. The number of ether oxygens (including phenoxy) is 1. The van der Waals surface area contributed by atoms with Crippen LogP contribution in [0.1, 0.15) is 45.7 Å². The molecule has 35 heavy (non-hydrogen) atoms. The van der Waals surface area contributed by atoms with Crippen LogP contribution < -0.4 is 10.1 Å². The molecule has 1 fully saturated rings. The molecule has 0 bridgehead atoms. The minimum atomic E-state index is -0.441. The van der Waals surface area contributed by atoms with Gasteiger partial charge in [0.1, 0.15) is 11.6 Å². The minimum absolute atomic E-state index is 0.0655. The van der Waals surface area contributed by atoms with E-state index in [-0.39, 0.29) is 29.3 Å². The van der Waals surface area contributed by atoms with Gasteiger partial charge in [0.15, 0.2) is 5.69 Å².